The summed E-state index contributed by atoms with van der Waals surface area (Å²) in [6.45, 7) is 18.7. The van der Waals surface area contributed by atoms with E-state index >= 15 is 0 Å². The first-order valence-electron chi connectivity index (χ1n) is 22.3. The molecule has 3 aliphatic heterocycles. The van der Waals surface area contributed by atoms with Crippen LogP contribution in [-0.4, -0.2) is 120 Å². The van der Waals surface area contributed by atoms with Crippen LogP contribution in [0.4, 0.5) is 0 Å². The highest BCUT2D eigenvalue weighted by molar-refractivity contribution is 8.76. The van der Waals surface area contributed by atoms with Gasteiger partial charge in [0.2, 0.25) is 35.4 Å². The number of carbonyl (C=O) groups excluding carboxylic acids is 6. The normalized spacial score (nSPS) is 22.2. The Hall–Kier alpha value is -3.42. The minimum atomic E-state index is -0.607. The third kappa shape index (κ3) is 17.2. The summed E-state index contributed by atoms with van der Waals surface area (Å²) in [5, 5.41) is 17.1. The van der Waals surface area contributed by atoms with Gasteiger partial charge in [0.1, 0.15) is 36.3 Å². The zero-order chi connectivity index (χ0) is 49.0. The Morgan fingerprint density at radius 3 is 0.765 bits per heavy atom. The molecule has 3 fully saturated rings. The molecule has 3 aliphatic rings. The molecule has 18 heteroatoms. The maximum Gasteiger partial charge on any atom is 0.244 e. The van der Waals surface area contributed by atoms with Crippen LogP contribution < -0.4 is 31.9 Å². The van der Waals surface area contributed by atoms with Crippen LogP contribution >= 0.6 is 68.6 Å². The van der Waals surface area contributed by atoms with Crippen molar-refractivity contribution in [1.29, 1.82) is 0 Å². The topological polar surface area (TPSA) is 175 Å². The molecule has 6 amide bonds. The van der Waals surface area contributed by atoms with Crippen molar-refractivity contribution in [3.05, 3.63) is 108 Å². The van der Waals surface area contributed by atoms with E-state index in [0.717, 1.165) is 16.7 Å². The molecule has 6 N–H and O–H groups in total. The van der Waals surface area contributed by atoms with Gasteiger partial charge >= 0.3 is 0 Å². The summed E-state index contributed by atoms with van der Waals surface area (Å²) in [5.41, 5.74) is 3.39. The lowest BCUT2D eigenvalue weighted by atomic mass is 9.84. The number of hydrogen-bond donors (Lipinski definition) is 6. The van der Waals surface area contributed by atoms with Crippen molar-refractivity contribution in [2.45, 2.75) is 125 Å². The fourth-order valence-corrected chi connectivity index (χ4v) is 13.5. The molecule has 3 saturated heterocycles. The predicted octanol–water partition coefficient (Wildman–Crippen LogP) is 7.26. The fraction of sp³-hybridized carbons (Fsp3) is 0.520. The van der Waals surface area contributed by atoms with E-state index in [9.17, 15) is 28.8 Å². The molecule has 0 bridgehead atoms. The number of hydrogen-bond acceptors (Lipinski definition) is 12. The highest BCUT2D eigenvalue weighted by Gasteiger charge is 2.41. The summed E-state index contributed by atoms with van der Waals surface area (Å²) >= 11 is 6.62. The van der Waals surface area contributed by atoms with Crippen LogP contribution in [0.1, 0.15) is 86.4 Å². The maximum atomic E-state index is 13.1. The van der Waals surface area contributed by atoms with Crippen molar-refractivity contribution in [2.24, 2.45) is 0 Å². The first kappa shape index (κ1) is 57.2. The maximum absolute atomic E-state index is 13.1. The summed E-state index contributed by atoms with van der Waals surface area (Å²) in [5.74, 6) is 1.85. The second kappa shape index (κ2) is 25.6. The molecule has 0 saturated carbocycles. The van der Waals surface area contributed by atoms with Gasteiger partial charge in [0, 0.05) is 48.8 Å². The zero-order valence-corrected chi connectivity index (χ0v) is 44.7. The summed E-state index contributed by atoms with van der Waals surface area (Å²) < 4.78 is -0.479. The van der Waals surface area contributed by atoms with Crippen molar-refractivity contribution >= 4 is 104 Å². The average molecular weight is 1040 g/mol. The number of piperazine rings is 3. The Morgan fingerprint density at radius 1 is 0.338 bits per heavy atom. The molecule has 6 rings (SSSR count). The van der Waals surface area contributed by atoms with Gasteiger partial charge in [0.25, 0.3) is 0 Å². The van der Waals surface area contributed by atoms with Gasteiger partial charge < -0.3 is 31.9 Å². The lowest BCUT2D eigenvalue weighted by Crippen LogP contribution is -2.63. The lowest BCUT2D eigenvalue weighted by Gasteiger charge is -2.37. The van der Waals surface area contributed by atoms with E-state index in [1.54, 1.807) is 47.0 Å². The summed E-state index contributed by atoms with van der Waals surface area (Å²) in [4.78, 5) is 75.2. The molecule has 0 spiro atoms. The van der Waals surface area contributed by atoms with Gasteiger partial charge in [-0.05, 0) is 16.7 Å². The second-order valence-electron chi connectivity index (χ2n) is 19.3. The Balaban J connectivity index is 0.000000294. The van der Waals surface area contributed by atoms with E-state index in [-0.39, 0.29) is 57.1 Å². The van der Waals surface area contributed by atoms with Crippen molar-refractivity contribution in [3.8, 4) is 0 Å². The number of nitrogens with one attached hydrogen (secondary N) is 6. The molecule has 12 nitrogen and oxygen atoms in total. The van der Waals surface area contributed by atoms with Gasteiger partial charge in [0.05, 0.1) is 4.75 Å². The molecule has 0 aromatic heterocycles. The Morgan fingerprint density at radius 2 is 0.544 bits per heavy atom. The van der Waals surface area contributed by atoms with Crippen LogP contribution in [0.5, 0.6) is 0 Å². The Labute approximate surface area is 429 Å². The van der Waals surface area contributed by atoms with Gasteiger partial charge in [-0.1, -0.05) is 182 Å². The van der Waals surface area contributed by atoms with Crippen LogP contribution in [-0.2, 0) is 33.5 Å². The first-order chi connectivity index (χ1) is 31.5. The van der Waals surface area contributed by atoms with E-state index in [2.05, 4.69) is 131 Å². The molecule has 372 valence electrons. The van der Waals surface area contributed by atoms with Crippen LogP contribution in [0.25, 0.3) is 0 Å². The molecule has 6 atom stereocenters. The van der Waals surface area contributed by atoms with Gasteiger partial charge in [-0.15, -0.1) is 11.8 Å². The Kier molecular flexibility index (Phi) is 21.5. The lowest BCUT2D eigenvalue weighted by molar-refractivity contribution is -0.135. The largest absolute Gasteiger partial charge is 0.342 e. The van der Waals surface area contributed by atoms with E-state index in [1.807, 2.05) is 54.6 Å². The number of rotatable bonds is 17. The highest BCUT2D eigenvalue weighted by atomic mass is 33.1. The molecule has 0 aliphatic carbocycles. The molecule has 0 radical (unpaired) electrons. The standard InChI is InChI=1S/C29H32N2O2S2.C20H34N4O4S4.CH4/c1-28(2,3)34-19-24-26(32)31-25(27(33)30-24)20-35-29(21-13-7-4-8-14-21,22-15-9-5-10-16-22)23-17-11-6-12-18-23;1-19(2,3)29-7-11-15(25)23-13(17(27)21-11)9-31-32-10-14-18(28)22-12(16(26)24-14)8-30-20(4,5)6;/h4-18,24-25H,19-20H2,1-3H3,(H,30,33)(H,31,32);11-14H,7-10H2,1-6H3,(H,21,27)(H,22,28)(H,23,25)(H,24,26);1H4/t24-,25+;11-,12-,13+,14+;/m11./s1. The van der Waals surface area contributed by atoms with E-state index in [4.69, 9.17) is 0 Å². The van der Waals surface area contributed by atoms with Gasteiger partial charge in [-0.2, -0.15) is 35.3 Å². The molecule has 3 heterocycles. The average Bonchev–Trinajstić information content (AvgIpc) is 3.27. The predicted molar refractivity (Wildman–Crippen MR) is 292 cm³/mol. The number of amides is 6. The molecule has 3 aromatic carbocycles. The minimum Gasteiger partial charge on any atom is -0.342 e. The van der Waals surface area contributed by atoms with Gasteiger partial charge in [-0.25, -0.2) is 0 Å². The molecule has 68 heavy (non-hydrogen) atoms. The number of benzene rings is 3. The van der Waals surface area contributed by atoms with Gasteiger partial charge in [-0.3, -0.25) is 28.8 Å². The summed E-state index contributed by atoms with van der Waals surface area (Å²) in [6, 6.07) is 27.7. The summed E-state index contributed by atoms with van der Waals surface area (Å²) in [7, 11) is 2.79. The van der Waals surface area contributed by atoms with E-state index in [0.29, 0.717) is 34.5 Å². The van der Waals surface area contributed by atoms with Crippen molar-refractivity contribution in [3.63, 3.8) is 0 Å². The smallest absolute Gasteiger partial charge is 0.244 e. The monoisotopic (exact) mass is 1040 g/mol. The van der Waals surface area contributed by atoms with Crippen LogP contribution in [0.2, 0.25) is 0 Å². The first-order valence-corrected chi connectivity index (χ1v) is 28.8. The van der Waals surface area contributed by atoms with Crippen molar-refractivity contribution in [2.75, 3.05) is 34.5 Å². The van der Waals surface area contributed by atoms with Crippen LogP contribution in [0.15, 0.2) is 91.0 Å². The second-order valence-corrected chi connectivity index (χ2v) is 28.6. The van der Waals surface area contributed by atoms with Gasteiger partial charge in [0.15, 0.2) is 0 Å². The van der Waals surface area contributed by atoms with Crippen molar-refractivity contribution in [1.82, 2.24) is 31.9 Å². The van der Waals surface area contributed by atoms with E-state index < -0.39 is 41.0 Å². The number of carbonyl (C=O) groups is 6. The SMILES string of the molecule is C.CC(C)(C)SC[C@H]1NC(=O)[C@H](CSC(c2ccccc2)(c2ccccc2)c2ccccc2)NC1=O.CC(C)(C)SC[C@H]1NC(=O)[C@H](CSSC[C@@H]2NC(=O)[C@@H](CSC(C)(C)C)NC2=O)NC1=O. The summed E-state index contributed by atoms with van der Waals surface area (Å²) in [6.07, 6.45) is 0. The quantitative estimate of drug-likeness (QED) is 0.0455. The van der Waals surface area contributed by atoms with Crippen molar-refractivity contribution < 1.29 is 28.8 Å². The molecule has 3 aromatic rings. The molecular weight excluding hydrogens is 973 g/mol. The van der Waals surface area contributed by atoms with Crippen LogP contribution in [0.3, 0.4) is 0 Å². The molecular formula is C50H70N6O6S6. The third-order valence-corrected chi connectivity index (χ3v) is 18.6. The zero-order valence-electron chi connectivity index (χ0n) is 39.8. The molecule has 0 unspecified atom stereocenters. The fourth-order valence-electron chi connectivity index (χ4n) is 6.94. The number of thioether (sulfide) groups is 4. The Bertz CT molecular complexity index is 2000. The van der Waals surface area contributed by atoms with E-state index in [1.165, 1.54) is 21.6 Å². The third-order valence-electron chi connectivity index (χ3n) is 10.4. The highest BCUT2D eigenvalue weighted by Crippen LogP contribution is 2.48. The minimum absolute atomic E-state index is 0. The van der Waals surface area contributed by atoms with Crippen LogP contribution in [0, 0.1) is 0 Å².